The molecule has 1 aliphatic rings. The van der Waals surface area contributed by atoms with E-state index in [2.05, 4.69) is 28.2 Å². The lowest BCUT2D eigenvalue weighted by Gasteiger charge is -2.36. The fourth-order valence-corrected chi connectivity index (χ4v) is 3.27. The first-order chi connectivity index (χ1) is 9.99. The van der Waals surface area contributed by atoms with Crippen molar-refractivity contribution < 1.29 is 9.50 Å². The summed E-state index contributed by atoms with van der Waals surface area (Å²) in [6.45, 7) is 2.51. The zero-order valence-electron chi connectivity index (χ0n) is 12.1. The minimum atomic E-state index is -0.765. The number of hydrogen-bond acceptors (Lipinski definition) is 3. The number of nitrogens with zero attached hydrogens (tertiary/aromatic N) is 1. The Hall–Kier alpha value is -1.12. The van der Waals surface area contributed by atoms with Crippen LogP contribution in [0.4, 0.5) is 10.1 Å². The number of halogens is 2. The van der Waals surface area contributed by atoms with Gasteiger partial charge in [-0.2, -0.15) is 5.26 Å². The van der Waals surface area contributed by atoms with Gasteiger partial charge in [0.25, 0.3) is 0 Å². The molecule has 5 heteroatoms. The maximum Gasteiger partial charge on any atom is 0.161 e. The second kappa shape index (κ2) is 6.76. The van der Waals surface area contributed by atoms with Gasteiger partial charge in [-0.25, -0.2) is 4.39 Å². The number of benzene rings is 1. The summed E-state index contributed by atoms with van der Waals surface area (Å²) in [5.41, 5.74) is -0.189. The topological polar surface area (TPSA) is 56.0 Å². The second-order valence-corrected chi connectivity index (χ2v) is 6.62. The van der Waals surface area contributed by atoms with E-state index in [1.807, 2.05) is 6.07 Å². The van der Waals surface area contributed by atoms with Crippen molar-refractivity contribution in [2.45, 2.75) is 44.6 Å². The minimum absolute atomic E-state index is 0.164. The molecule has 0 radical (unpaired) electrons. The Bertz CT molecular complexity index is 548. The zero-order chi connectivity index (χ0) is 15.5. The van der Waals surface area contributed by atoms with Gasteiger partial charge in [-0.1, -0.05) is 13.3 Å². The molecule has 0 bridgehead atoms. The summed E-state index contributed by atoms with van der Waals surface area (Å²) < 4.78 is 14.3. The van der Waals surface area contributed by atoms with Crippen LogP contribution >= 0.6 is 15.9 Å². The molecule has 0 heterocycles. The monoisotopic (exact) mass is 354 g/mol. The predicted octanol–water partition coefficient (Wildman–Crippen LogP) is 4.20. The highest BCUT2D eigenvalue weighted by atomic mass is 79.9. The Balaban J connectivity index is 2.01. The lowest BCUT2D eigenvalue weighted by molar-refractivity contribution is 0.00225. The zero-order valence-corrected chi connectivity index (χ0v) is 13.7. The molecule has 0 aromatic heterocycles. The third-order valence-electron chi connectivity index (χ3n) is 4.42. The van der Waals surface area contributed by atoms with Crippen LogP contribution in [0.15, 0.2) is 16.6 Å². The first-order valence-corrected chi connectivity index (χ1v) is 8.12. The molecule has 114 valence electrons. The molecule has 1 fully saturated rings. The fourth-order valence-electron chi connectivity index (χ4n) is 2.83. The average Bonchev–Trinajstić information content (AvgIpc) is 2.50. The molecular formula is C16H20BrFN2O. The molecule has 1 saturated carbocycles. The van der Waals surface area contributed by atoms with Crippen LogP contribution < -0.4 is 5.32 Å². The summed E-state index contributed by atoms with van der Waals surface area (Å²) >= 11 is 3.09. The van der Waals surface area contributed by atoms with E-state index >= 15 is 0 Å². The van der Waals surface area contributed by atoms with Crippen molar-refractivity contribution >= 4 is 21.6 Å². The number of hydrogen-bond donors (Lipinski definition) is 2. The van der Waals surface area contributed by atoms with E-state index in [4.69, 9.17) is 5.26 Å². The minimum Gasteiger partial charge on any atom is -0.388 e. The van der Waals surface area contributed by atoms with Gasteiger partial charge in [0, 0.05) is 6.54 Å². The van der Waals surface area contributed by atoms with E-state index in [0.717, 1.165) is 32.1 Å². The van der Waals surface area contributed by atoms with Gasteiger partial charge in [0.2, 0.25) is 0 Å². The Morgan fingerprint density at radius 1 is 1.48 bits per heavy atom. The van der Waals surface area contributed by atoms with Gasteiger partial charge in [0.15, 0.2) is 5.82 Å². The smallest absolute Gasteiger partial charge is 0.161 e. The van der Waals surface area contributed by atoms with E-state index in [0.29, 0.717) is 18.2 Å². The molecule has 0 atom stereocenters. The van der Waals surface area contributed by atoms with Crippen LogP contribution in [0.2, 0.25) is 0 Å². The van der Waals surface area contributed by atoms with E-state index in [-0.39, 0.29) is 10.0 Å². The van der Waals surface area contributed by atoms with Gasteiger partial charge in [0.1, 0.15) is 6.07 Å². The van der Waals surface area contributed by atoms with Gasteiger partial charge in [-0.15, -0.1) is 0 Å². The number of aliphatic hydroxyl groups is 1. The molecule has 0 saturated heterocycles. The first kappa shape index (κ1) is 16.3. The third-order valence-corrected chi connectivity index (χ3v) is 5.20. The third kappa shape index (κ3) is 3.75. The summed E-state index contributed by atoms with van der Waals surface area (Å²) in [6.07, 6.45) is 4.69. The van der Waals surface area contributed by atoms with E-state index in [1.54, 1.807) is 12.1 Å². The quantitative estimate of drug-likeness (QED) is 0.851. The van der Waals surface area contributed by atoms with Crippen LogP contribution in [-0.4, -0.2) is 17.3 Å². The molecule has 2 N–H and O–H groups in total. The molecule has 0 unspecified atom stereocenters. The van der Waals surface area contributed by atoms with Crippen molar-refractivity contribution in [2.24, 2.45) is 5.92 Å². The van der Waals surface area contributed by atoms with Crippen LogP contribution in [0.5, 0.6) is 0 Å². The summed E-state index contributed by atoms with van der Waals surface area (Å²) in [4.78, 5) is 0. The Morgan fingerprint density at radius 2 is 2.14 bits per heavy atom. The summed E-state index contributed by atoms with van der Waals surface area (Å²) in [5.74, 6) is 0.214. The SMILES string of the molecule is CCC1CCC(O)(CNc2ccc(C#N)c(Br)c2F)CC1. The highest BCUT2D eigenvalue weighted by Crippen LogP contribution is 2.34. The predicted molar refractivity (Wildman–Crippen MR) is 84.5 cm³/mol. The Labute approximate surface area is 133 Å². The lowest BCUT2D eigenvalue weighted by atomic mass is 9.78. The van der Waals surface area contributed by atoms with Crippen LogP contribution in [0.25, 0.3) is 0 Å². The van der Waals surface area contributed by atoms with Crippen LogP contribution in [0.1, 0.15) is 44.6 Å². The largest absolute Gasteiger partial charge is 0.388 e. The molecule has 2 rings (SSSR count). The molecule has 3 nitrogen and oxygen atoms in total. The molecule has 0 aliphatic heterocycles. The number of anilines is 1. The maximum absolute atomic E-state index is 14.1. The molecule has 1 aromatic rings. The van der Waals surface area contributed by atoms with Gasteiger partial charge < -0.3 is 10.4 Å². The molecule has 0 spiro atoms. The van der Waals surface area contributed by atoms with Gasteiger partial charge in [-0.3, -0.25) is 0 Å². The van der Waals surface area contributed by atoms with E-state index in [1.165, 1.54) is 0 Å². The molecule has 21 heavy (non-hydrogen) atoms. The fraction of sp³-hybridized carbons (Fsp3) is 0.562. The van der Waals surface area contributed by atoms with Gasteiger partial charge in [-0.05, 0) is 59.7 Å². The maximum atomic E-state index is 14.1. The molecule has 0 amide bonds. The standard InChI is InChI=1S/C16H20BrFN2O/c1-2-11-5-7-16(21,8-6-11)10-20-13-4-3-12(9-19)14(17)15(13)18/h3-4,11,20-21H,2,5-8,10H2,1H3. The molecular weight excluding hydrogens is 335 g/mol. The number of rotatable bonds is 4. The van der Waals surface area contributed by atoms with Gasteiger partial charge in [0.05, 0.1) is 21.3 Å². The van der Waals surface area contributed by atoms with Crippen molar-refractivity contribution in [1.29, 1.82) is 5.26 Å². The summed E-state index contributed by atoms with van der Waals surface area (Å²) in [6, 6.07) is 5.03. The van der Waals surface area contributed by atoms with Crippen molar-refractivity contribution in [3.05, 3.63) is 28.0 Å². The first-order valence-electron chi connectivity index (χ1n) is 7.33. The normalized spacial score (nSPS) is 25.4. The Morgan fingerprint density at radius 3 is 2.71 bits per heavy atom. The van der Waals surface area contributed by atoms with Crippen molar-refractivity contribution in [3.63, 3.8) is 0 Å². The van der Waals surface area contributed by atoms with Crippen molar-refractivity contribution in [2.75, 3.05) is 11.9 Å². The Kier molecular flexibility index (Phi) is 5.23. The molecule has 1 aromatic carbocycles. The second-order valence-electron chi connectivity index (χ2n) is 5.83. The van der Waals surface area contributed by atoms with Crippen LogP contribution in [0, 0.1) is 23.1 Å². The van der Waals surface area contributed by atoms with Crippen molar-refractivity contribution in [3.8, 4) is 6.07 Å². The van der Waals surface area contributed by atoms with E-state index < -0.39 is 11.4 Å². The van der Waals surface area contributed by atoms with E-state index in [9.17, 15) is 9.50 Å². The lowest BCUT2D eigenvalue weighted by Crippen LogP contribution is -2.40. The van der Waals surface area contributed by atoms with Crippen LogP contribution in [-0.2, 0) is 0 Å². The molecule has 1 aliphatic carbocycles. The number of nitrogens with one attached hydrogen (secondary N) is 1. The van der Waals surface area contributed by atoms with Gasteiger partial charge >= 0.3 is 0 Å². The number of nitriles is 1. The highest BCUT2D eigenvalue weighted by molar-refractivity contribution is 9.10. The van der Waals surface area contributed by atoms with Crippen molar-refractivity contribution in [1.82, 2.24) is 0 Å². The van der Waals surface area contributed by atoms with Crippen LogP contribution in [0.3, 0.4) is 0 Å². The summed E-state index contributed by atoms with van der Waals surface area (Å²) in [7, 11) is 0. The highest BCUT2D eigenvalue weighted by Gasteiger charge is 2.32. The summed E-state index contributed by atoms with van der Waals surface area (Å²) in [5, 5.41) is 22.4. The average molecular weight is 355 g/mol.